The first-order chi connectivity index (χ1) is 12.2. The minimum atomic E-state index is -0.231. The molecule has 0 spiro atoms. The Kier molecular flexibility index (Phi) is 4.27. The molecular weight excluding hydrogens is 338 g/mol. The molecule has 8 heteroatoms. The molecule has 1 aromatic heterocycles. The van der Waals surface area contributed by atoms with Crippen molar-refractivity contribution in [3.8, 4) is 0 Å². The number of para-hydroxylation sites is 2. The minimum absolute atomic E-state index is 0.0116. The lowest BCUT2D eigenvalue weighted by molar-refractivity contribution is -0.120. The molecule has 0 radical (unpaired) electrons. The molecule has 128 valence electrons. The van der Waals surface area contributed by atoms with Crippen molar-refractivity contribution < 1.29 is 9.59 Å². The molecule has 2 amide bonds. The molecule has 7 nitrogen and oxygen atoms in total. The summed E-state index contributed by atoms with van der Waals surface area (Å²) in [6.07, 6.45) is 3.91. The number of carbonyl (C=O) groups is 2. The van der Waals surface area contributed by atoms with E-state index in [2.05, 4.69) is 25.5 Å². The molecule has 1 saturated heterocycles. The minimum Gasteiger partial charge on any atom is -0.356 e. The van der Waals surface area contributed by atoms with Gasteiger partial charge in [0.2, 0.25) is 11.8 Å². The van der Waals surface area contributed by atoms with Crippen molar-refractivity contribution in [2.24, 2.45) is 0 Å². The van der Waals surface area contributed by atoms with Crippen molar-refractivity contribution in [3.63, 3.8) is 0 Å². The Bertz CT molecular complexity index is 801. The third-order valence-electron chi connectivity index (χ3n) is 4.31. The number of hydrogen-bond donors (Lipinski definition) is 2. The highest BCUT2D eigenvalue weighted by Crippen LogP contribution is 2.36. The Hall–Kier alpha value is -2.61. The van der Waals surface area contributed by atoms with Crippen LogP contribution in [0.4, 0.5) is 11.4 Å². The van der Waals surface area contributed by atoms with Crippen LogP contribution in [0.3, 0.4) is 0 Å². The van der Waals surface area contributed by atoms with E-state index < -0.39 is 0 Å². The van der Waals surface area contributed by atoms with Gasteiger partial charge in [-0.2, -0.15) is 0 Å². The average Bonchev–Trinajstić information content (AvgIpc) is 3.05. The third kappa shape index (κ3) is 3.30. The molecule has 1 aromatic carbocycles. The van der Waals surface area contributed by atoms with E-state index in [0.29, 0.717) is 18.1 Å². The van der Waals surface area contributed by atoms with Crippen molar-refractivity contribution in [2.75, 3.05) is 22.5 Å². The van der Waals surface area contributed by atoms with Gasteiger partial charge in [0.05, 0.1) is 17.1 Å². The van der Waals surface area contributed by atoms with Crippen LogP contribution >= 0.6 is 11.8 Å². The van der Waals surface area contributed by atoms with Crippen molar-refractivity contribution in [1.29, 1.82) is 0 Å². The fourth-order valence-electron chi connectivity index (χ4n) is 3.26. The zero-order valence-corrected chi connectivity index (χ0v) is 14.2. The van der Waals surface area contributed by atoms with Crippen LogP contribution in [0.2, 0.25) is 0 Å². The molecule has 1 fully saturated rings. The van der Waals surface area contributed by atoms with Gasteiger partial charge in [-0.05, 0) is 24.6 Å². The maximum Gasteiger partial charge on any atom is 0.247 e. The number of anilines is 2. The molecule has 4 rings (SSSR count). The maximum absolute atomic E-state index is 12.3. The quantitative estimate of drug-likeness (QED) is 0.635. The summed E-state index contributed by atoms with van der Waals surface area (Å²) in [6.45, 7) is 0.632. The van der Waals surface area contributed by atoms with Crippen molar-refractivity contribution in [3.05, 3.63) is 42.7 Å². The van der Waals surface area contributed by atoms with Crippen molar-refractivity contribution in [1.82, 2.24) is 15.3 Å². The van der Waals surface area contributed by atoms with Crippen LogP contribution in [-0.4, -0.2) is 46.2 Å². The third-order valence-corrected chi connectivity index (χ3v) is 5.19. The van der Waals surface area contributed by atoms with E-state index in [4.69, 9.17) is 0 Å². The van der Waals surface area contributed by atoms with E-state index in [9.17, 15) is 9.59 Å². The van der Waals surface area contributed by atoms with Gasteiger partial charge < -0.3 is 15.5 Å². The van der Waals surface area contributed by atoms with Gasteiger partial charge in [-0.3, -0.25) is 9.59 Å². The van der Waals surface area contributed by atoms with Crippen LogP contribution in [0.25, 0.3) is 0 Å². The van der Waals surface area contributed by atoms with Gasteiger partial charge >= 0.3 is 0 Å². The van der Waals surface area contributed by atoms with Crippen LogP contribution in [0.15, 0.2) is 47.9 Å². The van der Waals surface area contributed by atoms with E-state index in [1.54, 1.807) is 18.5 Å². The number of carbonyl (C=O) groups excluding carboxylic acids is 2. The molecule has 2 aromatic rings. The monoisotopic (exact) mass is 355 g/mol. The van der Waals surface area contributed by atoms with Gasteiger partial charge in [-0.1, -0.05) is 23.9 Å². The fraction of sp³-hybridized carbons (Fsp3) is 0.294. The van der Waals surface area contributed by atoms with Crippen LogP contribution in [0, 0.1) is 0 Å². The summed E-state index contributed by atoms with van der Waals surface area (Å²) in [7, 11) is 0. The SMILES string of the molecule is O=C(CSc1ncccn1)NC1CC2C(=O)Nc3ccccc3N2C1. The molecule has 2 unspecified atom stereocenters. The molecule has 2 aliphatic rings. The van der Waals surface area contributed by atoms with Crippen molar-refractivity contribution >= 4 is 35.0 Å². The standard InChI is InChI=1S/C17H17N5O2S/c23-15(10-25-17-18-6-3-7-19-17)20-11-8-14-16(24)21-12-4-1-2-5-13(12)22(14)9-11/h1-7,11,14H,8-10H2,(H,20,23)(H,21,24). The Morgan fingerprint density at radius 2 is 2.08 bits per heavy atom. The predicted octanol–water partition coefficient (Wildman–Crippen LogP) is 1.28. The highest BCUT2D eigenvalue weighted by atomic mass is 32.2. The lowest BCUT2D eigenvalue weighted by Gasteiger charge is -2.32. The Labute approximate surface area is 149 Å². The lowest BCUT2D eigenvalue weighted by Crippen LogP contribution is -2.44. The van der Waals surface area contributed by atoms with Gasteiger partial charge in [-0.15, -0.1) is 0 Å². The van der Waals surface area contributed by atoms with Gasteiger partial charge in [-0.25, -0.2) is 9.97 Å². The van der Waals surface area contributed by atoms with E-state index in [0.717, 1.165) is 11.4 Å². The normalized spacial score (nSPS) is 21.3. The molecule has 2 aliphatic heterocycles. The molecule has 2 N–H and O–H groups in total. The van der Waals surface area contributed by atoms with Crippen LogP contribution in [0.1, 0.15) is 6.42 Å². The smallest absolute Gasteiger partial charge is 0.247 e. The number of amides is 2. The Balaban J connectivity index is 1.38. The zero-order valence-electron chi connectivity index (χ0n) is 13.4. The number of rotatable bonds is 4. The van der Waals surface area contributed by atoms with E-state index in [-0.39, 0.29) is 29.7 Å². The molecular formula is C17H17N5O2S. The maximum atomic E-state index is 12.3. The summed E-state index contributed by atoms with van der Waals surface area (Å²) >= 11 is 1.30. The number of hydrogen-bond acceptors (Lipinski definition) is 6. The summed E-state index contributed by atoms with van der Waals surface area (Å²) < 4.78 is 0. The molecule has 25 heavy (non-hydrogen) atoms. The molecule has 0 aliphatic carbocycles. The topological polar surface area (TPSA) is 87.2 Å². The van der Waals surface area contributed by atoms with E-state index in [1.165, 1.54) is 11.8 Å². The van der Waals surface area contributed by atoms with Gasteiger partial charge in [0.1, 0.15) is 6.04 Å². The predicted molar refractivity (Wildman–Crippen MR) is 95.5 cm³/mol. The second-order valence-corrected chi connectivity index (χ2v) is 6.94. The van der Waals surface area contributed by atoms with Gasteiger partial charge in [0, 0.05) is 25.0 Å². The summed E-state index contributed by atoms with van der Waals surface area (Å²) in [5, 5.41) is 6.54. The molecule has 2 atom stereocenters. The summed E-state index contributed by atoms with van der Waals surface area (Å²) in [5.74, 6) is 0.173. The summed E-state index contributed by atoms with van der Waals surface area (Å²) in [6, 6.07) is 9.20. The van der Waals surface area contributed by atoms with E-state index in [1.807, 2.05) is 24.3 Å². The molecule has 0 bridgehead atoms. The molecule has 3 heterocycles. The number of nitrogens with one attached hydrogen (secondary N) is 2. The largest absolute Gasteiger partial charge is 0.356 e. The summed E-state index contributed by atoms with van der Waals surface area (Å²) in [4.78, 5) is 34.7. The first-order valence-corrected chi connectivity index (χ1v) is 9.05. The van der Waals surface area contributed by atoms with E-state index >= 15 is 0 Å². The first kappa shape index (κ1) is 15.9. The number of nitrogens with zero attached hydrogens (tertiary/aromatic N) is 3. The number of thioether (sulfide) groups is 1. The second kappa shape index (κ2) is 6.72. The van der Waals surface area contributed by atoms with Crippen LogP contribution in [-0.2, 0) is 9.59 Å². The highest BCUT2D eigenvalue weighted by Gasteiger charge is 2.41. The first-order valence-electron chi connectivity index (χ1n) is 8.06. The fourth-order valence-corrected chi connectivity index (χ4v) is 3.87. The number of benzene rings is 1. The Morgan fingerprint density at radius 1 is 1.28 bits per heavy atom. The average molecular weight is 355 g/mol. The van der Waals surface area contributed by atoms with Gasteiger partial charge in [0.25, 0.3) is 0 Å². The van der Waals surface area contributed by atoms with Crippen molar-refractivity contribution in [2.45, 2.75) is 23.7 Å². The van der Waals surface area contributed by atoms with Crippen LogP contribution < -0.4 is 15.5 Å². The lowest BCUT2D eigenvalue weighted by atomic mass is 10.1. The number of aromatic nitrogens is 2. The highest BCUT2D eigenvalue weighted by molar-refractivity contribution is 7.99. The number of fused-ring (bicyclic) bond motifs is 3. The molecule has 0 saturated carbocycles. The van der Waals surface area contributed by atoms with Crippen LogP contribution in [0.5, 0.6) is 0 Å². The zero-order chi connectivity index (χ0) is 17.2. The Morgan fingerprint density at radius 3 is 2.92 bits per heavy atom. The summed E-state index contributed by atoms with van der Waals surface area (Å²) in [5.41, 5.74) is 1.84. The van der Waals surface area contributed by atoms with Gasteiger partial charge in [0.15, 0.2) is 5.16 Å². The second-order valence-electron chi connectivity index (χ2n) is 5.99.